The monoisotopic (exact) mass is 312 g/mol. The zero-order valence-corrected chi connectivity index (χ0v) is 13.0. The van der Waals surface area contributed by atoms with Gasteiger partial charge in [-0.05, 0) is 23.4 Å². The van der Waals surface area contributed by atoms with E-state index in [4.69, 9.17) is 4.52 Å². The summed E-state index contributed by atoms with van der Waals surface area (Å²) in [7, 11) is 0. The van der Waals surface area contributed by atoms with Crippen LogP contribution < -0.4 is 5.32 Å². The average molecular weight is 312 g/mol. The Labute approximate surface area is 132 Å². The fourth-order valence-electron chi connectivity index (χ4n) is 2.35. The highest BCUT2D eigenvalue weighted by Gasteiger charge is 2.20. The van der Waals surface area contributed by atoms with Crippen molar-refractivity contribution in [1.29, 1.82) is 0 Å². The number of aromatic nitrogens is 1. The number of carbonyl (C=O) groups is 1. The second-order valence-corrected chi connectivity index (χ2v) is 5.73. The molecule has 2 aromatic heterocycles. The summed E-state index contributed by atoms with van der Waals surface area (Å²) in [5.74, 6) is 0.0956. The highest BCUT2D eigenvalue weighted by molar-refractivity contribution is 7.08. The van der Waals surface area contributed by atoms with Gasteiger partial charge in [-0.3, -0.25) is 10.1 Å². The minimum Gasteiger partial charge on any atom is -0.338 e. The molecule has 2 heterocycles. The summed E-state index contributed by atoms with van der Waals surface area (Å²) in [6.07, 6.45) is 0.724. The van der Waals surface area contributed by atoms with Crippen LogP contribution in [-0.2, 0) is 4.79 Å². The zero-order valence-electron chi connectivity index (χ0n) is 12.2. The van der Waals surface area contributed by atoms with Crippen LogP contribution >= 0.6 is 11.3 Å². The molecular weight excluding hydrogens is 296 g/mol. The molecule has 1 amide bonds. The van der Waals surface area contributed by atoms with E-state index in [9.17, 15) is 4.79 Å². The van der Waals surface area contributed by atoms with Crippen LogP contribution in [0.5, 0.6) is 0 Å². The molecule has 0 unspecified atom stereocenters. The number of hydrogen-bond acceptors (Lipinski definition) is 4. The van der Waals surface area contributed by atoms with E-state index in [2.05, 4.69) is 10.5 Å². The molecule has 0 spiro atoms. The quantitative estimate of drug-likeness (QED) is 0.752. The second-order valence-electron chi connectivity index (χ2n) is 4.95. The largest absolute Gasteiger partial charge is 0.338 e. The minimum atomic E-state index is -0.198. The van der Waals surface area contributed by atoms with Gasteiger partial charge in [-0.2, -0.15) is 11.3 Å². The highest BCUT2D eigenvalue weighted by Crippen LogP contribution is 2.25. The van der Waals surface area contributed by atoms with Crippen molar-refractivity contribution in [1.82, 2.24) is 5.16 Å². The Bertz CT molecular complexity index is 735. The predicted octanol–water partition coefficient (Wildman–Crippen LogP) is 4.54. The number of hydrogen-bond donors (Lipinski definition) is 1. The molecule has 5 heteroatoms. The zero-order chi connectivity index (χ0) is 15.4. The molecule has 0 fully saturated rings. The van der Waals surface area contributed by atoms with Gasteiger partial charge < -0.3 is 4.52 Å². The Hall–Kier alpha value is -2.40. The third kappa shape index (κ3) is 3.09. The molecule has 1 atom stereocenters. The Morgan fingerprint density at radius 1 is 1.32 bits per heavy atom. The van der Waals surface area contributed by atoms with Crippen molar-refractivity contribution in [3.05, 3.63) is 58.8 Å². The van der Waals surface area contributed by atoms with Crippen molar-refractivity contribution in [2.45, 2.75) is 19.3 Å². The van der Waals surface area contributed by atoms with Gasteiger partial charge in [0, 0.05) is 17.0 Å². The second kappa shape index (κ2) is 6.58. The van der Waals surface area contributed by atoms with Crippen LogP contribution in [0.25, 0.3) is 11.3 Å². The molecule has 3 rings (SSSR count). The average Bonchev–Trinajstić information content (AvgIpc) is 3.20. The van der Waals surface area contributed by atoms with Crippen molar-refractivity contribution in [3.8, 4) is 11.3 Å². The topological polar surface area (TPSA) is 55.1 Å². The fraction of sp³-hybridized carbons (Fsp3) is 0.176. The maximum absolute atomic E-state index is 12.4. The molecule has 3 aromatic rings. The maximum Gasteiger partial charge on any atom is 0.234 e. The van der Waals surface area contributed by atoms with Crippen molar-refractivity contribution >= 4 is 23.1 Å². The van der Waals surface area contributed by atoms with E-state index in [1.807, 2.05) is 54.1 Å². The first-order valence-electron chi connectivity index (χ1n) is 7.13. The van der Waals surface area contributed by atoms with E-state index in [1.54, 1.807) is 17.4 Å². The smallest absolute Gasteiger partial charge is 0.234 e. The molecule has 0 aliphatic carbocycles. The first-order chi connectivity index (χ1) is 10.8. The number of nitrogens with one attached hydrogen (secondary N) is 1. The fourth-order valence-corrected chi connectivity index (χ4v) is 3.00. The molecule has 0 aliphatic rings. The van der Waals surface area contributed by atoms with Gasteiger partial charge in [0.05, 0.1) is 5.92 Å². The van der Waals surface area contributed by atoms with Gasteiger partial charge >= 0.3 is 0 Å². The molecule has 0 radical (unpaired) electrons. The van der Waals surface area contributed by atoms with Crippen LogP contribution in [0.4, 0.5) is 5.88 Å². The Kier molecular flexibility index (Phi) is 4.34. The van der Waals surface area contributed by atoms with Crippen LogP contribution in [0.3, 0.4) is 0 Å². The number of carbonyl (C=O) groups excluding carboxylic acids is 1. The SMILES string of the molecule is CC[C@H](C(=O)Nc1cc(-c2ccsc2)no1)c1ccccc1. The van der Waals surface area contributed by atoms with Gasteiger partial charge in [0.25, 0.3) is 0 Å². The highest BCUT2D eigenvalue weighted by atomic mass is 32.1. The molecule has 22 heavy (non-hydrogen) atoms. The summed E-state index contributed by atoms with van der Waals surface area (Å²) in [5, 5.41) is 10.8. The van der Waals surface area contributed by atoms with Crippen LogP contribution in [0.15, 0.2) is 57.7 Å². The number of rotatable bonds is 5. The van der Waals surface area contributed by atoms with Crippen molar-refractivity contribution in [3.63, 3.8) is 0 Å². The van der Waals surface area contributed by atoms with Crippen LogP contribution in [0.1, 0.15) is 24.8 Å². The van der Waals surface area contributed by atoms with Gasteiger partial charge in [0.15, 0.2) is 0 Å². The number of thiophene rings is 1. The van der Waals surface area contributed by atoms with Gasteiger partial charge in [-0.15, -0.1) is 0 Å². The van der Waals surface area contributed by atoms with E-state index >= 15 is 0 Å². The van der Waals surface area contributed by atoms with Gasteiger partial charge in [-0.1, -0.05) is 42.4 Å². The lowest BCUT2D eigenvalue weighted by atomic mass is 9.96. The molecule has 112 valence electrons. The molecule has 4 nitrogen and oxygen atoms in total. The first kappa shape index (κ1) is 14.5. The third-order valence-corrected chi connectivity index (χ3v) is 4.18. The lowest BCUT2D eigenvalue weighted by Crippen LogP contribution is -2.20. The van der Waals surface area contributed by atoms with E-state index in [0.29, 0.717) is 5.88 Å². The van der Waals surface area contributed by atoms with Crippen LogP contribution in [0, 0.1) is 0 Å². The lowest BCUT2D eigenvalue weighted by Gasteiger charge is -2.13. The summed E-state index contributed by atoms with van der Waals surface area (Å²) in [6, 6.07) is 13.5. The Morgan fingerprint density at radius 3 is 2.82 bits per heavy atom. The molecule has 0 saturated heterocycles. The van der Waals surface area contributed by atoms with E-state index < -0.39 is 0 Å². The minimum absolute atomic E-state index is 0.0817. The van der Waals surface area contributed by atoms with Crippen LogP contribution in [0.2, 0.25) is 0 Å². The lowest BCUT2D eigenvalue weighted by molar-refractivity contribution is -0.117. The third-order valence-electron chi connectivity index (χ3n) is 3.50. The van der Waals surface area contributed by atoms with E-state index in [-0.39, 0.29) is 11.8 Å². The predicted molar refractivity (Wildman–Crippen MR) is 87.9 cm³/mol. The Morgan fingerprint density at radius 2 is 2.14 bits per heavy atom. The summed E-state index contributed by atoms with van der Waals surface area (Å²) >= 11 is 1.59. The molecule has 1 aromatic carbocycles. The molecule has 0 saturated carbocycles. The van der Waals surface area contributed by atoms with Crippen molar-refractivity contribution in [2.75, 3.05) is 5.32 Å². The molecule has 0 bridgehead atoms. The summed E-state index contributed by atoms with van der Waals surface area (Å²) in [4.78, 5) is 12.4. The van der Waals surface area contributed by atoms with E-state index in [1.165, 1.54) is 0 Å². The van der Waals surface area contributed by atoms with Crippen molar-refractivity contribution < 1.29 is 9.32 Å². The first-order valence-corrected chi connectivity index (χ1v) is 8.07. The molecular formula is C17H16N2O2S. The summed E-state index contributed by atoms with van der Waals surface area (Å²) in [5.41, 5.74) is 2.72. The number of anilines is 1. The normalized spacial score (nSPS) is 12.0. The maximum atomic E-state index is 12.4. The number of benzene rings is 1. The summed E-state index contributed by atoms with van der Waals surface area (Å²) in [6.45, 7) is 1.99. The molecule has 1 N–H and O–H groups in total. The molecule has 0 aliphatic heterocycles. The van der Waals surface area contributed by atoms with E-state index in [0.717, 1.165) is 23.2 Å². The van der Waals surface area contributed by atoms with Gasteiger partial charge in [-0.25, -0.2) is 0 Å². The van der Waals surface area contributed by atoms with Crippen LogP contribution in [-0.4, -0.2) is 11.1 Å². The van der Waals surface area contributed by atoms with Gasteiger partial charge in [0.1, 0.15) is 5.69 Å². The Balaban J connectivity index is 1.73. The standard InChI is InChI=1S/C17H16N2O2S/c1-2-14(12-6-4-3-5-7-12)17(20)18-16-10-15(19-21-16)13-8-9-22-11-13/h3-11,14H,2H2,1H3,(H,18,20)/t14-/m0/s1. The summed E-state index contributed by atoms with van der Waals surface area (Å²) < 4.78 is 5.21. The number of nitrogens with zero attached hydrogens (tertiary/aromatic N) is 1. The van der Waals surface area contributed by atoms with Gasteiger partial charge in [0.2, 0.25) is 11.8 Å². The number of amides is 1. The van der Waals surface area contributed by atoms with Crippen molar-refractivity contribution in [2.24, 2.45) is 0 Å².